The van der Waals surface area contributed by atoms with Gasteiger partial charge >= 0.3 is 12.1 Å². The summed E-state index contributed by atoms with van der Waals surface area (Å²) < 4.78 is 4.80. The molecule has 0 bridgehead atoms. The molecule has 1 unspecified atom stereocenters. The highest BCUT2D eigenvalue weighted by Gasteiger charge is 2.50. The number of rotatable bonds is 2. The molecular formula is C11H10ClNO4. The van der Waals surface area contributed by atoms with Crippen molar-refractivity contribution in [3.63, 3.8) is 0 Å². The van der Waals surface area contributed by atoms with E-state index in [0.717, 1.165) is 4.90 Å². The molecule has 1 saturated heterocycles. The van der Waals surface area contributed by atoms with Gasteiger partial charge in [-0.25, -0.2) is 9.59 Å². The van der Waals surface area contributed by atoms with Crippen LogP contribution in [0.2, 0.25) is 5.02 Å². The van der Waals surface area contributed by atoms with Crippen molar-refractivity contribution in [3.8, 4) is 0 Å². The first-order valence-electron chi connectivity index (χ1n) is 4.91. The van der Waals surface area contributed by atoms with Crippen LogP contribution in [0.1, 0.15) is 6.92 Å². The number of carbonyl (C=O) groups excluding carboxylic acids is 1. The van der Waals surface area contributed by atoms with Crippen molar-refractivity contribution >= 4 is 29.4 Å². The lowest BCUT2D eigenvalue weighted by Crippen LogP contribution is -2.51. The molecule has 1 amide bonds. The van der Waals surface area contributed by atoms with Crippen LogP contribution < -0.4 is 4.90 Å². The Morgan fingerprint density at radius 3 is 2.88 bits per heavy atom. The maximum atomic E-state index is 11.6. The Morgan fingerprint density at radius 1 is 1.59 bits per heavy atom. The van der Waals surface area contributed by atoms with Crippen molar-refractivity contribution in [1.82, 2.24) is 0 Å². The Hall–Kier alpha value is -1.75. The number of carboxylic acid groups (broad SMARTS) is 1. The number of carboxylic acids is 1. The van der Waals surface area contributed by atoms with E-state index in [1.165, 1.54) is 13.0 Å². The molecule has 1 heterocycles. The number of hydrogen-bond donors (Lipinski definition) is 1. The molecule has 0 saturated carbocycles. The van der Waals surface area contributed by atoms with E-state index in [0.29, 0.717) is 10.7 Å². The van der Waals surface area contributed by atoms with Crippen molar-refractivity contribution in [2.45, 2.75) is 12.5 Å². The van der Waals surface area contributed by atoms with Crippen molar-refractivity contribution in [1.29, 1.82) is 0 Å². The largest absolute Gasteiger partial charge is 0.479 e. The number of aliphatic carboxylic acids is 1. The minimum absolute atomic E-state index is 0.187. The minimum Gasteiger partial charge on any atom is -0.479 e. The Balaban J connectivity index is 2.48. The normalized spacial score (nSPS) is 23.6. The van der Waals surface area contributed by atoms with E-state index in [9.17, 15) is 14.7 Å². The van der Waals surface area contributed by atoms with Gasteiger partial charge in [-0.2, -0.15) is 0 Å². The zero-order chi connectivity index (χ0) is 12.6. The van der Waals surface area contributed by atoms with Crippen LogP contribution in [0.5, 0.6) is 0 Å². The molecule has 2 rings (SSSR count). The van der Waals surface area contributed by atoms with Crippen LogP contribution in [0.25, 0.3) is 0 Å². The zero-order valence-electron chi connectivity index (χ0n) is 9.01. The molecule has 1 atom stereocenters. The van der Waals surface area contributed by atoms with Gasteiger partial charge in [0, 0.05) is 10.7 Å². The number of ether oxygens (including phenoxy) is 1. The third kappa shape index (κ3) is 1.82. The number of carbonyl (C=O) groups is 2. The van der Waals surface area contributed by atoms with Crippen LogP contribution in [0.3, 0.4) is 0 Å². The molecule has 0 aromatic heterocycles. The van der Waals surface area contributed by atoms with E-state index in [1.807, 2.05) is 0 Å². The number of anilines is 1. The molecule has 1 aliphatic heterocycles. The van der Waals surface area contributed by atoms with Gasteiger partial charge in [0.05, 0.1) is 0 Å². The Labute approximate surface area is 103 Å². The highest BCUT2D eigenvalue weighted by Crippen LogP contribution is 2.32. The zero-order valence-corrected chi connectivity index (χ0v) is 9.77. The molecule has 1 aromatic rings. The summed E-state index contributed by atoms with van der Waals surface area (Å²) in [5.41, 5.74) is -0.994. The average Bonchev–Trinajstić information content (AvgIpc) is 2.56. The van der Waals surface area contributed by atoms with Gasteiger partial charge in [-0.05, 0) is 25.1 Å². The highest BCUT2D eigenvalue weighted by atomic mass is 35.5. The fraction of sp³-hybridized carbons (Fsp3) is 0.273. The van der Waals surface area contributed by atoms with E-state index in [-0.39, 0.29) is 6.61 Å². The number of hydrogen-bond acceptors (Lipinski definition) is 3. The van der Waals surface area contributed by atoms with E-state index < -0.39 is 17.6 Å². The molecule has 0 spiro atoms. The number of amides is 1. The van der Waals surface area contributed by atoms with E-state index in [4.69, 9.17) is 16.3 Å². The van der Waals surface area contributed by atoms with Gasteiger partial charge < -0.3 is 9.84 Å². The summed E-state index contributed by atoms with van der Waals surface area (Å²) in [4.78, 5) is 23.9. The third-order valence-corrected chi connectivity index (χ3v) is 2.92. The predicted molar refractivity (Wildman–Crippen MR) is 61.3 cm³/mol. The van der Waals surface area contributed by atoms with E-state index >= 15 is 0 Å². The molecule has 1 N–H and O–H groups in total. The lowest BCUT2D eigenvalue weighted by Gasteiger charge is -2.27. The van der Waals surface area contributed by atoms with Crippen molar-refractivity contribution in [2.24, 2.45) is 0 Å². The molecule has 1 aliphatic rings. The van der Waals surface area contributed by atoms with Crippen molar-refractivity contribution < 1.29 is 19.4 Å². The highest BCUT2D eigenvalue weighted by molar-refractivity contribution is 6.31. The molecule has 17 heavy (non-hydrogen) atoms. The monoisotopic (exact) mass is 255 g/mol. The fourth-order valence-corrected chi connectivity index (χ4v) is 1.88. The molecule has 6 heteroatoms. The topological polar surface area (TPSA) is 66.8 Å². The van der Waals surface area contributed by atoms with Crippen LogP contribution in [-0.2, 0) is 9.53 Å². The SMILES string of the molecule is CC1(C(=O)O)COC(=O)N1c1cccc(Cl)c1. The van der Waals surface area contributed by atoms with Crippen LogP contribution in [-0.4, -0.2) is 29.3 Å². The Kier molecular flexibility index (Phi) is 2.71. The smallest absolute Gasteiger partial charge is 0.415 e. The molecular weight excluding hydrogens is 246 g/mol. The first-order valence-corrected chi connectivity index (χ1v) is 5.29. The molecule has 0 radical (unpaired) electrons. The lowest BCUT2D eigenvalue weighted by molar-refractivity contribution is -0.142. The van der Waals surface area contributed by atoms with Gasteiger partial charge in [0.1, 0.15) is 6.61 Å². The number of nitrogens with zero attached hydrogens (tertiary/aromatic N) is 1. The summed E-state index contributed by atoms with van der Waals surface area (Å²) in [6.07, 6.45) is -0.683. The van der Waals surface area contributed by atoms with Gasteiger partial charge in [0.2, 0.25) is 0 Å². The van der Waals surface area contributed by atoms with E-state index in [1.54, 1.807) is 18.2 Å². The van der Waals surface area contributed by atoms with Gasteiger partial charge in [0.15, 0.2) is 5.54 Å². The summed E-state index contributed by atoms with van der Waals surface area (Å²) in [7, 11) is 0. The van der Waals surface area contributed by atoms with Crippen LogP contribution in [0.15, 0.2) is 24.3 Å². The maximum Gasteiger partial charge on any atom is 0.415 e. The Bertz CT molecular complexity index is 490. The summed E-state index contributed by atoms with van der Waals surface area (Å²) in [5, 5.41) is 9.61. The first-order chi connectivity index (χ1) is 7.95. The molecule has 90 valence electrons. The maximum absolute atomic E-state index is 11.6. The third-order valence-electron chi connectivity index (χ3n) is 2.68. The number of halogens is 1. The fourth-order valence-electron chi connectivity index (χ4n) is 1.70. The molecule has 1 aromatic carbocycles. The van der Waals surface area contributed by atoms with Crippen LogP contribution >= 0.6 is 11.6 Å². The summed E-state index contributed by atoms with van der Waals surface area (Å²) in [6, 6.07) is 6.42. The summed E-state index contributed by atoms with van der Waals surface area (Å²) in [6.45, 7) is 1.24. The molecule has 5 nitrogen and oxygen atoms in total. The predicted octanol–water partition coefficient (Wildman–Crippen LogP) is 2.14. The summed E-state index contributed by atoms with van der Waals surface area (Å²) >= 11 is 5.82. The second kappa shape index (κ2) is 3.92. The lowest BCUT2D eigenvalue weighted by atomic mass is 10.0. The quantitative estimate of drug-likeness (QED) is 0.879. The van der Waals surface area contributed by atoms with Gasteiger partial charge in [-0.3, -0.25) is 4.90 Å². The second-order valence-corrected chi connectivity index (χ2v) is 4.39. The minimum atomic E-state index is -1.40. The average molecular weight is 256 g/mol. The van der Waals surface area contributed by atoms with Crippen molar-refractivity contribution in [2.75, 3.05) is 11.5 Å². The van der Waals surface area contributed by atoms with Gasteiger partial charge in [-0.1, -0.05) is 17.7 Å². The second-order valence-electron chi connectivity index (χ2n) is 3.95. The van der Waals surface area contributed by atoms with Crippen LogP contribution in [0.4, 0.5) is 10.5 Å². The summed E-state index contributed by atoms with van der Waals surface area (Å²) in [5.74, 6) is -1.12. The number of cyclic esters (lactones) is 1. The van der Waals surface area contributed by atoms with Gasteiger partial charge in [-0.15, -0.1) is 0 Å². The number of benzene rings is 1. The Morgan fingerprint density at radius 2 is 2.29 bits per heavy atom. The molecule has 1 fully saturated rings. The van der Waals surface area contributed by atoms with E-state index in [2.05, 4.69) is 0 Å². The first kappa shape index (κ1) is 11.7. The standard InChI is InChI=1S/C11H10ClNO4/c1-11(9(14)15)6-17-10(16)13(11)8-4-2-3-7(12)5-8/h2-5H,6H2,1H3,(H,14,15). The van der Waals surface area contributed by atoms with Crippen LogP contribution in [0, 0.1) is 0 Å². The van der Waals surface area contributed by atoms with Gasteiger partial charge in [0.25, 0.3) is 0 Å². The molecule has 0 aliphatic carbocycles. The van der Waals surface area contributed by atoms with Crippen molar-refractivity contribution in [3.05, 3.63) is 29.3 Å².